The zero-order valence-corrected chi connectivity index (χ0v) is 12.5. The molecular weight excluding hydrogens is 262 g/mol. The second kappa shape index (κ2) is 6.92. The minimum Gasteiger partial charge on any atom is -0.465 e. The number of ether oxygens (including phenoxy) is 1. The Morgan fingerprint density at radius 1 is 1.26 bits per heavy atom. The minimum absolute atomic E-state index is 0. The van der Waals surface area contributed by atoms with Gasteiger partial charge in [-0.1, -0.05) is 30.3 Å². The molecule has 0 atom stereocenters. The number of hydrogen-bond donors (Lipinski definition) is 1. The molecule has 0 aromatic heterocycles. The predicted octanol–water partition coefficient (Wildman–Crippen LogP) is 1.22. The number of piperidine rings is 1. The number of carbonyl (C=O) groups is 1. The summed E-state index contributed by atoms with van der Waals surface area (Å²) in [6.45, 7) is 4.37. The third-order valence-corrected chi connectivity index (χ3v) is 3.95. The van der Waals surface area contributed by atoms with Gasteiger partial charge in [-0.15, -0.1) is 12.4 Å². The maximum atomic E-state index is 12.4. The Bertz CT molecular complexity index is 400. The van der Waals surface area contributed by atoms with Crippen LogP contribution in [0, 0.1) is 0 Å². The molecule has 0 saturated carbocycles. The first kappa shape index (κ1) is 16.0. The molecule has 0 aliphatic carbocycles. The summed E-state index contributed by atoms with van der Waals surface area (Å²) >= 11 is 0. The quantitative estimate of drug-likeness (QED) is 0.846. The standard InChI is InChI=1S/C15H21NO2.ClH/c1-3-18-14(17)15(9-11-16(2)12-10-15)13-7-5-4-6-8-13;/h4-8H,3,9-12H2,1-2H3;1H/p+1. The second-order valence-corrected chi connectivity index (χ2v) is 5.13. The molecule has 1 fully saturated rings. The smallest absolute Gasteiger partial charge is 0.317 e. The molecule has 1 heterocycles. The van der Waals surface area contributed by atoms with Crippen molar-refractivity contribution in [2.75, 3.05) is 26.7 Å². The van der Waals surface area contributed by atoms with Gasteiger partial charge >= 0.3 is 5.97 Å². The van der Waals surface area contributed by atoms with Crippen LogP contribution in [0.1, 0.15) is 25.3 Å². The van der Waals surface area contributed by atoms with Gasteiger partial charge in [-0.05, 0) is 12.5 Å². The van der Waals surface area contributed by atoms with Gasteiger partial charge in [-0.25, -0.2) is 0 Å². The number of hydrogen-bond acceptors (Lipinski definition) is 2. The highest BCUT2D eigenvalue weighted by Gasteiger charge is 2.45. The average molecular weight is 285 g/mol. The van der Waals surface area contributed by atoms with Gasteiger partial charge in [-0.3, -0.25) is 4.79 Å². The molecule has 19 heavy (non-hydrogen) atoms. The second-order valence-electron chi connectivity index (χ2n) is 5.13. The van der Waals surface area contributed by atoms with Crippen LogP contribution in [0.2, 0.25) is 0 Å². The van der Waals surface area contributed by atoms with E-state index < -0.39 is 5.41 Å². The summed E-state index contributed by atoms with van der Waals surface area (Å²) < 4.78 is 5.33. The lowest BCUT2D eigenvalue weighted by atomic mass is 9.73. The SMILES string of the molecule is CCOC(=O)C1(c2ccccc2)CC[NH+](C)CC1.Cl. The molecule has 0 amide bonds. The van der Waals surface area contributed by atoms with Crippen LogP contribution in [0.25, 0.3) is 0 Å². The van der Waals surface area contributed by atoms with Crippen molar-refractivity contribution in [3.8, 4) is 0 Å². The largest absolute Gasteiger partial charge is 0.465 e. The number of benzene rings is 1. The van der Waals surface area contributed by atoms with E-state index in [1.807, 2.05) is 25.1 Å². The first-order valence-electron chi connectivity index (χ1n) is 6.73. The molecule has 0 radical (unpaired) electrons. The zero-order chi connectivity index (χ0) is 13.0. The number of carbonyl (C=O) groups excluding carboxylic acids is 1. The van der Waals surface area contributed by atoms with Crippen molar-refractivity contribution in [2.45, 2.75) is 25.2 Å². The van der Waals surface area contributed by atoms with E-state index in [1.54, 1.807) is 0 Å². The van der Waals surface area contributed by atoms with Crippen LogP contribution in [0.5, 0.6) is 0 Å². The van der Waals surface area contributed by atoms with E-state index in [2.05, 4.69) is 19.2 Å². The zero-order valence-electron chi connectivity index (χ0n) is 11.6. The Balaban J connectivity index is 0.00000180. The minimum atomic E-state index is -0.420. The van der Waals surface area contributed by atoms with Gasteiger partial charge in [0.25, 0.3) is 0 Å². The van der Waals surface area contributed by atoms with Gasteiger partial charge in [0.2, 0.25) is 0 Å². The maximum absolute atomic E-state index is 12.4. The summed E-state index contributed by atoms with van der Waals surface area (Å²) in [5, 5.41) is 0. The van der Waals surface area contributed by atoms with E-state index in [9.17, 15) is 4.79 Å². The van der Waals surface area contributed by atoms with E-state index in [0.29, 0.717) is 6.61 Å². The van der Waals surface area contributed by atoms with Crippen LogP contribution in [-0.2, 0) is 14.9 Å². The molecule has 1 saturated heterocycles. The monoisotopic (exact) mass is 284 g/mol. The molecule has 1 N–H and O–H groups in total. The molecular formula is C15H23ClNO2+. The topological polar surface area (TPSA) is 30.7 Å². The van der Waals surface area contributed by atoms with Gasteiger partial charge < -0.3 is 9.64 Å². The van der Waals surface area contributed by atoms with Crippen molar-refractivity contribution in [2.24, 2.45) is 0 Å². The van der Waals surface area contributed by atoms with Crippen LogP contribution in [0.15, 0.2) is 30.3 Å². The maximum Gasteiger partial charge on any atom is 0.317 e. The van der Waals surface area contributed by atoms with Crippen LogP contribution in [0.4, 0.5) is 0 Å². The Morgan fingerprint density at radius 2 is 1.84 bits per heavy atom. The molecule has 106 valence electrons. The van der Waals surface area contributed by atoms with Gasteiger partial charge in [-0.2, -0.15) is 0 Å². The van der Waals surface area contributed by atoms with E-state index in [0.717, 1.165) is 31.5 Å². The molecule has 1 aliphatic rings. The molecule has 0 bridgehead atoms. The Labute approximate surface area is 121 Å². The van der Waals surface area contributed by atoms with Gasteiger partial charge in [0.1, 0.15) is 5.41 Å². The van der Waals surface area contributed by atoms with Crippen molar-refractivity contribution in [1.29, 1.82) is 0 Å². The number of nitrogens with one attached hydrogen (secondary N) is 1. The molecule has 4 heteroatoms. The number of halogens is 1. The van der Waals surface area contributed by atoms with Gasteiger partial charge in [0.05, 0.1) is 26.7 Å². The summed E-state index contributed by atoms with van der Waals surface area (Å²) in [5.74, 6) is -0.0521. The highest BCUT2D eigenvalue weighted by Crippen LogP contribution is 2.33. The summed E-state index contributed by atoms with van der Waals surface area (Å²) in [5.41, 5.74) is 0.688. The average Bonchev–Trinajstić information content (AvgIpc) is 2.41. The first-order chi connectivity index (χ1) is 8.69. The molecule has 1 aliphatic heterocycles. The van der Waals surface area contributed by atoms with Crippen molar-refractivity contribution < 1.29 is 14.4 Å². The summed E-state index contributed by atoms with van der Waals surface area (Å²) in [6.07, 6.45) is 1.75. The highest BCUT2D eigenvalue weighted by atomic mass is 35.5. The highest BCUT2D eigenvalue weighted by molar-refractivity contribution is 5.85. The van der Waals surface area contributed by atoms with Crippen molar-refractivity contribution in [3.05, 3.63) is 35.9 Å². The Hall–Kier alpha value is -1.06. The predicted molar refractivity (Wildman–Crippen MR) is 77.9 cm³/mol. The van der Waals surface area contributed by atoms with Crippen LogP contribution in [-0.4, -0.2) is 32.7 Å². The molecule has 1 aromatic carbocycles. The summed E-state index contributed by atoms with van der Waals surface area (Å²) in [4.78, 5) is 13.9. The van der Waals surface area contributed by atoms with Gasteiger partial charge in [0.15, 0.2) is 0 Å². The normalized spacial score (nSPS) is 26.3. The number of quaternary nitrogens is 1. The number of esters is 1. The lowest BCUT2D eigenvalue weighted by Gasteiger charge is -2.37. The first-order valence-corrected chi connectivity index (χ1v) is 6.73. The molecule has 0 unspecified atom stereocenters. The Morgan fingerprint density at radius 3 is 2.37 bits per heavy atom. The fourth-order valence-electron chi connectivity index (χ4n) is 2.74. The lowest BCUT2D eigenvalue weighted by molar-refractivity contribution is -0.886. The third kappa shape index (κ3) is 3.28. The summed E-state index contributed by atoms with van der Waals surface area (Å²) in [6, 6.07) is 10.1. The van der Waals surface area contributed by atoms with E-state index in [-0.39, 0.29) is 18.4 Å². The summed E-state index contributed by atoms with van der Waals surface area (Å²) in [7, 11) is 2.18. The van der Waals surface area contributed by atoms with E-state index in [1.165, 1.54) is 4.90 Å². The van der Waals surface area contributed by atoms with Crippen LogP contribution < -0.4 is 4.90 Å². The third-order valence-electron chi connectivity index (χ3n) is 3.95. The van der Waals surface area contributed by atoms with Gasteiger partial charge in [0, 0.05) is 12.8 Å². The number of rotatable bonds is 3. The van der Waals surface area contributed by atoms with E-state index in [4.69, 9.17) is 4.74 Å². The number of likely N-dealkylation sites (tertiary alicyclic amines) is 1. The molecule has 1 aromatic rings. The van der Waals surface area contributed by atoms with E-state index >= 15 is 0 Å². The Kier molecular flexibility index (Phi) is 5.83. The van der Waals surface area contributed by atoms with Crippen molar-refractivity contribution in [1.82, 2.24) is 0 Å². The fourth-order valence-corrected chi connectivity index (χ4v) is 2.74. The lowest BCUT2D eigenvalue weighted by Crippen LogP contribution is -3.10. The van der Waals surface area contributed by atoms with Crippen LogP contribution >= 0.6 is 12.4 Å². The van der Waals surface area contributed by atoms with Crippen LogP contribution in [0.3, 0.4) is 0 Å². The molecule has 0 spiro atoms. The molecule has 3 nitrogen and oxygen atoms in total. The van der Waals surface area contributed by atoms with Crippen molar-refractivity contribution in [3.63, 3.8) is 0 Å². The van der Waals surface area contributed by atoms with Crippen molar-refractivity contribution >= 4 is 18.4 Å². The fraction of sp³-hybridized carbons (Fsp3) is 0.533. The molecule has 2 rings (SSSR count).